The Morgan fingerprint density at radius 3 is 2.42 bits per heavy atom. The molecule has 2 aromatic carbocycles. The van der Waals surface area contributed by atoms with Crippen LogP contribution in [0.2, 0.25) is 0 Å². The van der Waals surface area contributed by atoms with E-state index in [-0.39, 0.29) is 0 Å². The zero-order chi connectivity index (χ0) is 19.2. The van der Waals surface area contributed by atoms with Gasteiger partial charge in [-0.1, -0.05) is 34.1 Å². The fraction of sp³-hybridized carbons (Fsp3) is 0.350. The van der Waals surface area contributed by atoms with Gasteiger partial charge in [-0.15, -0.1) is 0 Å². The standard InChI is InChI=1S/C20H24BrNO4/c1-20(2,3)26-19(23)22-12-15-7-8-16(21)11-18(15)25-13-14-5-9-17(24-4)10-6-14/h5-11H,12-13H2,1-4H3,(H,22,23). The molecule has 0 aliphatic carbocycles. The van der Waals surface area contributed by atoms with Crippen LogP contribution in [0.15, 0.2) is 46.9 Å². The molecule has 0 saturated carbocycles. The molecule has 6 heteroatoms. The number of hydrogen-bond donors (Lipinski definition) is 1. The number of carbonyl (C=O) groups excluding carboxylic acids is 1. The van der Waals surface area contributed by atoms with Crippen molar-refractivity contribution < 1.29 is 19.0 Å². The molecule has 0 aliphatic rings. The van der Waals surface area contributed by atoms with E-state index >= 15 is 0 Å². The van der Waals surface area contributed by atoms with Crippen molar-refractivity contribution in [2.75, 3.05) is 7.11 Å². The van der Waals surface area contributed by atoms with Crippen molar-refractivity contribution in [2.45, 2.75) is 39.5 Å². The van der Waals surface area contributed by atoms with Gasteiger partial charge in [0.1, 0.15) is 23.7 Å². The van der Waals surface area contributed by atoms with Crippen molar-refractivity contribution in [3.63, 3.8) is 0 Å². The van der Waals surface area contributed by atoms with Gasteiger partial charge in [-0.2, -0.15) is 0 Å². The molecule has 0 aliphatic heterocycles. The number of alkyl carbamates (subject to hydrolysis) is 1. The Balaban J connectivity index is 2.01. The maximum Gasteiger partial charge on any atom is 0.407 e. The topological polar surface area (TPSA) is 56.8 Å². The van der Waals surface area contributed by atoms with E-state index in [4.69, 9.17) is 14.2 Å². The molecule has 0 atom stereocenters. The quantitative estimate of drug-likeness (QED) is 0.707. The maximum atomic E-state index is 11.9. The highest BCUT2D eigenvalue weighted by Gasteiger charge is 2.16. The number of rotatable bonds is 6. The van der Waals surface area contributed by atoms with Gasteiger partial charge < -0.3 is 19.5 Å². The molecule has 0 heterocycles. The molecule has 2 rings (SSSR count). The number of halogens is 1. The first-order valence-electron chi connectivity index (χ1n) is 8.28. The van der Waals surface area contributed by atoms with Crippen LogP contribution >= 0.6 is 15.9 Å². The molecule has 0 saturated heterocycles. The summed E-state index contributed by atoms with van der Waals surface area (Å²) in [5.74, 6) is 1.50. The van der Waals surface area contributed by atoms with Gasteiger partial charge in [0.15, 0.2) is 0 Å². The van der Waals surface area contributed by atoms with Gasteiger partial charge in [0.05, 0.1) is 7.11 Å². The Hall–Kier alpha value is -2.21. The third kappa shape index (κ3) is 6.59. The molecule has 1 amide bonds. The summed E-state index contributed by atoms with van der Waals surface area (Å²) >= 11 is 3.45. The lowest BCUT2D eigenvalue weighted by atomic mass is 10.2. The fourth-order valence-corrected chi connectivity index (χ4v) is 2.51. The molecule has 0 spiro atoms. The van der Waals surface area contributed by atoms with Gasteiger partial charge in [-0.3, -0.25) is 0 Å². The van der Waals surface area contributed by atoms with E-state index in [1.807, 2.05) is 63.2 Å². The van der Waals surface area contributed by atoms with Crippen LogP contribution in [0.4, 0.5) is 4.79 Å². The van der Waals surface area contributed by atoms with E-state index in [0.29, 0.717) is 18.9 Å². The SMILES string of the molecule is COc1ccc(COc2cc(Br)ccc2CNC(=O)OC(C)(C)C)cc1. The molecule has 0 aromatic heterocycles. The monoisotopic (exact) mass is 421 g/mol. The van der Waals surface area contributed by atoms with E-state index in [0.717, 1.165) is 21.3 Å². The second-order valence-electron chi connectivity index (χ2n) is 6.74. The molecule has 0 radical (unpaired) electrons. The number of benzene rings is 2. The molecule has 0 bridgehead atoms. The van der Waals surface area contributed by atoms with Crippen molar-refractivity contribution in [3.05, 3.63) is 58.1 Å². The van der Waals surface area contributed by atoms with Crippen LogP contribution < -0.4 is 14.8 Å². The largest absolute Gasteiger partial charge is 0.497 e. The van der Waals surface area contributed by atoms with Crippen molar-refractivity contribution in [1.82, 2.24) is 5.32 Å². The van der Waals surface area contributed by atoms with E-state index in [1.54, 1.807) is 7.11 Å². The van der Waals surface area contributed by atoms with E-state index in [1.165, 1.54) is 0 Å². The second kappa shape index (κ2) is 8.94. The molecule has 5 nitrogen and oxygen atoms in total. The van der Waals surface area contributed by atoms with Crippen LogP contribution in [0.1, 0.15) is 31.9 Å². The Labute approximate surface area is 162 Å². The smallest absolute Gasteiger partial charge is 0.407 e. The molecule has 0 fully saturated rings. The minimum Gasteiger partial charge on any atom is -0.497 e. The summed E-state index contributed by atoms with van der Waals surface area (Å²) in [6, 6.07) is 13.4. The van der Waals surface area contributed by atoms with E-state index in [9.17, 15) is 4.79 Å². The van der Waals surface area contributed by atoms with Crippen molar-refractivity contribution in [1.29, 1.82) is 0 Å². The van der Waals surface area contributed by atoms with Gasteiger partial charge in [0.2, 0.25) is 0 Å². The molecular weight excluding hydrogens is 398 g/mol. The zero-order valence-electron chi connectivity index (χ0n) is 15.5. The van der Waals surface area contributed by atoms with Gasteiger partial charge >= 0.3 is 6.09 Å². The van der Waals surface area contributed by atoms with Gasteiger partial charge in [-0.25, -0.2) is 4.79 Å². The number of amides is 1. The van der Waals surface area contributed by atoms with Crippen molar-refractivity contribution >= 4 is 22.0 Å². The van der Waals surface area contributed by atoms with Crippen LogP contribution in [0.25, 0.3) is 0 Å². The normalized spacial score (nSPS) is 11.0. The first-order valence-corrected chi connectivity index (χ1v) is 9.07. The average molecular weight is 422 g/mol. The van der Waals surface area contributed by atoms with Gasteiger partial charge in [0.25, 0.3) is 0 Å². The maximum absolute atomic E-state index is 11.9. The molecule has 140 valence electrons. The minimum atomic E-state index is -0.530. The van der Waals surface area contributed by atoms with Crippen LogP contribution in [0, 0.1) is 0 Å². The lowest BCUT2D eigenvalue weighted by Crippen LogP contribution is -2.32. The van der Waals surface area contributed by atoms with Gasteiger partial charge in [0, 0.05) is 16.6 Å². The predicted molar refractivity (Wildman–Crippen MR) is 105 cm³/mol. The molecular formula is C20H24BrNO4. The number of methoxy groups -OCH3 is 1. The van der Waals surface area contributed by atoms with Crippen LogP contribution in [-0.2, 0) is 17.9 Å². The summed E-state index contributed by atoms with van der Waals surface area (Å²) in [6.07, 6.45) is -0.457. The summed E-state index contributed by atoms with van der Waals surface area (Å²) < 4.78 is 17.3. The number of nitrogens with one attached hydrogen (secondary N) is 1. The predicted octanol–water partition coefficient (Wildman–Crippen LogP) is 5.06. The molecule has 1 N–H and O–H groups in total. The molecule has 0 unspecified atom stereocenters. The highest BCUT2D eigenvalue weighted by molar-refractivity contribution is 9.10. The first kappa shape index (κ1) is 20.1. The molecule has 2 aromatic rings. The average Bonchev–Trinajstić information content (AvgIpc) is 2.58. The summed E-state index contributed by atoms with van der Waals surface area (Å²) in [5, 5.41) is 2.76. The summed E-state index contributed by atoms with van der Waals surface area (Å²) in [5.41, 5.74) is 1.36. The van der Waals surface area contributed by atoms with Gasteiger partial charge in [-0.05, 0) is 50.6 Å². The Morgan fingerprint density at radius 2 is 1.81 bits per heavy atom. The fourth-order valence-electron chi connectivity index (χ4n) is 2.17. The highest BCUT2D eigenvalue weighted by atomic mass is 79.9. The van der Waals surface area contributed by atoms with E-state index < -0.39 is 11.7 Å². The Morgan fingerprint density at radius 1 is 1.12 bits per heavy atom. The summed E-state index contributed by atoms with van der Waals surface area (Å²) in [7, 11) is 1.64. The summed E-state index contributed by atoms with van der Waals surface area (Å²) in [4.78, 5) is 11.9. The Kier molecular flexibility index (Phi) is 6.91. The second-order valence-corrected chi connectivity index (χ2v) is 7.66. The van der Waals surface area contributed by atoms with Crippen LogP contribution in [0.3, 0.4) is 0 Å². The highest BCUT2D eigenvalue weighted by Crippen LogP contribution is 2.25. The number of carbonyl (C=O) groups is 1. The summed E-state index contributed by atoms with van der Waals surface area (Å²) in [6.45, 7) is 6.22. The van der Waals surface area contributed by atoms with Crippen LogP contribution in [0.5, 0.6) is 11.5 Å². The van der Waals surface area contributed by atoms with Crippen LogP contribution in [-0.4, -0.2) is 18.8 Å². The lowest BCUT2D eigenvalue weighted by Gasteiger charge is -2.20. The zero-order valence-corrected chi connectivity index (χ0v) is 17.1. The lowest BCUT2D eigenvalue weighted by molar-refractivity contribution is 0.0523. The first-order chi connectivity index (χ1) is 12.3. The molecule has 26 heavy (non-hydrogen) atoms. The van der Waals surface area contributed by atoms with Crippen molar-refractivity contribution in [3.8, 4) is 11.5 Å². The van der Waals surface area contributed by atoms with E-state index in [2.05, 4.69) is 21.2 Å². The van der Waals surface area contributed by atoms with Crippen molar-refractivity contribution in [2.24, 2.45) is 0 Å². The number of ether oxygens (including phenoxy) is 3. The third-order valence-corrected chi connectivity index (χ3v) is 3.90. The number of hydrogen-bond acceptors (Lipinski definition) is 4. The minimum absolute atomic E-state index is 0.320. The third-order valence-electron chi connectivity index (χ3n) is 3.40. The Bertz CT molecular complexity index is 738.